The van der Waals surface area contributed by atoms with Crippen molar-refractivity contribution in [1.82, 2.24) is 0 Å². The van der Waals surface area contributed by atoms with E-state index in [1.165, 1.54) is 25.3 Å². The van der Waals surface area contributed by atoms with Gasteiger partial charge in [-0.2, -0.15) is 5.26 Å². The Balaban J connectivity index is 3.17. The molecule has 0 aliphatic carbocycles. The summed E-state index contributed by atoms with van der Waals surface area (Å²) in [5, 5.41) is 17.2. The summed E-state index contributed by atoms with van der Waals surface area (Å²) in [5.41, 5.74) is 0.729. The van der Waals surface area contributed by atoms with Gasteiger partial charge in [0.25, 0.3) is 0 Å². The van der Waals surface area contributed by atoms with E-state index < -0.39 is 5.97 Å². The van der Waals surface area contributed by atoms with E-state index in [1.54, 1.807) is 12.1 Å². The number of nitrogens with zero attached hydrogens (tertiary/aromatic N) is 1. The molecule has 0 radical (unpaired) electrons. The van der Waals surface area contributed by atoms with Crippen LogP contribution in [0.1, 0.15) is 15.9 Å². The first-order valence-electron chi connectivity index (χ1n) is 4.16. The van der Waals surface area contributed by atoms with E-state index in [4.69, 9.17) is 15.1 Å². The van der Waals surface area contributed by atoms with Crippen LogP contribution in [0.5, 0.6) is 5.75 Å². The molecule has 0 atom stereocenters. The molecule has 1 aromatic rings. The maximum atomic E-state index is 10.8. The van der Waals surface area contributed by atoms with Crippen LogP contribution in [0.15, 0.2) is 24.3 Å². The largest absolute Gasteiger partial charge is 0.496 e. The van der Waals surface area contributed by atoms with Crippen LogP contribution in [0, 0.1) is 11.3 Å². The molecular formula is C11H9NO3. The van der Waals surface area contributed by atoms with Gasteiger partial charge in [0.1, 0.15) is 11.3 Å². The predicted octanol–water partition coefficient (Wildman–Crippen LogP) is 1.93. The van der Waals surface area contributed by atoms with Gasteiger partial charge in [0.15, 0.2) is 0 Å². The second kappa shape index (κ2) is 4.82. The molecule has 0 aliphatic rings. The van der Waals surface area contributed by atoms with Crippen LogP contribution in [0.25, 0.3) is 6.08 Å². The van der Waals surface area contributed by atoms with Gasteiger partial charge in [-0.3, -0.25) is 0 Å². The topological polar surface area (TPSA) is 70.3 Å². The van der Waals surface area contributed by atoms with Crippen LogP contribution in [-0.4, -0.2) is 18.2 Å². The van der Waals surface area contributed by atoms with Gasteiger partial charge in [0, 0.05) is 6.08 Å². The molecule has 0 fully saturated rings. The van der Waals surface area contributed by atoms with Crippen molar-refractivity contribution in [1.29, 1.82) is 5.26 Å². The maximum Gasteiger partial charge on any atom is 0.339 e. The van der Waals surface area contributed by atoms with Crippen LogP contribution in [0.3, 0.4) is 0 Å². The average molecular weight is 203 g/mol. The van der Waals surface area contributed by atoms with E-state index in [1.807, 2.05) is 6.07 Å². The maximum absolute atomic E-state index is 10.8. The van der Waals surface area contributed by atoms with Crippen molar-refractivity contribution in [2.45, 2.75) is 0 Å². The molecule has 1 rings (SSSR count). The Morgan fingerprint density at radius 2 is 2.33 bits per heavy atom. The van der Waals surface area contributed by atoms with Gasteiger partial charge in [0.05, 0.1) is 13.2 Å². The fourth-order valence-corrected chi connectivity index (χ4v) is 1.13. The first kappa shape index (κ1) is 10.8. The summed E-state index contributed by atoms with van der Waals surface area (Å²) in [6, 6.07) is 6.52. The molecule has 0 amide bonds. The molecule has 0 bridgehead atoms. The molecule has 1 N–H and O–H groups in total. The van der Waals surface area contributed by atoms with Crippen LogP contribution >= 0.6 is 0 Å². The van der Waals surface area contributed by atoms with Crippen molar-refractivity contribution in [3.05, 3.63) is 35.4 Å². The van der Waals surface area contributed by atoms with Crippen molar-refractivity contribution >= 4 is 12.0 Å². The normalized spacial score (nSPS) is 9.87. The molecule has 76 valence electrons. The predicted molar refractivity (Wildman–Crippen MR) is 54.6 cm³/mol. The Bertz CT molecular complexity index is 444. The first-order valence-corrected chi connectivity index (χ1v) is 4.16. The zero-order chi connectivity index (χ0) is 11.3. The highest BCUT2D eigenvalue weighted by Gasteiger charge is 2.10. The van der Waals surface area contributed by atoms with E-state index in [2.05, 4.69) is 0 Å². The number of allylic oxidation sites excluding steroid dienone is 1. The molecule has 0 aromatic heterocycles. The average Bonchev–Trinajstić information content (AvgIpc) is 2.25. The Labute approximate surface area is 87.0 Å². The highest BCUT2D eigenvalue weighted by molar-refractivity contribution is 5.91. The number of ether oxygens (including phenoxy) is 1. The zero-order valence-electron chi connectivity index (χ0n) is 8.10. The second-order valence-electron chi connectivity index (χ2n) is 2.73. The van der Waals surface area contributed by atoms with Crippen LogP contribution < -0.4 is 4.74 Å². The van der Waals surface area contributed by atoms with Gasteiger partial charge in [-0.25, -0.2) is 4.79 Å². The number of hydrogen-bond donors (Lipinski definition) is 1. The van der Waals surface area contributed by atoms with Crippen LogP contribution in [0.2, 0.25) is 0 Å². The molecule has 0 aliphatic heterocycles. The van der Waals surface area contributed by atoms with E-state index in [0.29, 0.717) is 11.3 Å². The quantitative estimate of drug-likeness (QED) is 0.762. The van der Waals surface area contributed by atoms with Gasteiger partial charge in [0.2, 0.25) is 0 Å². The molecule has 0 spiro atoms. The molecule has 0 saturated heterocycles. The summed E-state index contributed by atoms with van der Waals surface area (Å²) >= 11 is 0. The Morgan fingerprint density at radius 3 is 2.87 bits per heavy atom. The van der Waals surface area contributed by atoms with Gasteiger partial charge in [-0.1, -0.05) is 6.07 Å². The molecule has 4 heteroatoms. The Hall–Kier alpha value is -2.28. The standard InChI is InChI=1S/C11H9NO3/c1-15-10-5-4-8(3-2-6-12)7-9(10)11(13)14/h2-5,7H,1H3,(H,13,14). The molecule has 15 heavy (non-hydrogen) atoms. The lowest BCUT2D eigenvalue weighted by Crippen LogP contribution is -2.00. The Kier molecular flexibility index (Phi) is 3.47. The van der Waals surface area contributed by atoms with E-state index >= 15 is 0 Å². The smallest absolute Gasteiger partial charge is 0.339 e. The summed E-state index contributed by atoms with van der Waals surface area (Å²) in [4.78, 5) is 10.8. The molecule has 4 nitrogen and oxygen atoms in total. The van der Waals surface area contributed by atoms with Crippen molar-refractivity contribution in [2.24, 2.45) is 0 Å². The SMILES string of the molecule is COc1ccc(C=CC#N)cc1C(=O)O. The third kappa shape index (κ3) is 2.58. The third-order valence-electron chi connectivity index (χ3n) is 1.80. The highest BCUT2D eigenvalue weighted by atomic mass is 16.5. The number of hydrogen-bond acceptors (Lipinski definition) is 3. The highest BCUT2D eigenvalue weighted by Crippen LogP contribution is 2.20. The second-order valence-corrected chi connectivity index (χ2v) is 2.73. The van der Waals surface area contributed by atoms with Crippen LogP contribution in [-0.2, 0) is 0 Å². The van der Waals surface area contributed by atoms with Gasteiger partial charge in [-0.15, -0.1) is 0 Å². The number of aromatic carboxylic acids is 1. The van der Waals surface area contributed by atoms with E-state index in [-0.39, 0.29) is 5.56 Å². The number of carboxylic acid groups (broad SMARTS) is 1. The fraction of sp³-hybridized carbons (Fsp3) is 0.0909. The number of benzene rings is 1. The molecular weight excluding hydrogens is 194 g/mol. The number of carboxylic acids is 1. The minimum Gasteiger partial charge on any atom is -0.496 e. The van der Waals surface area contributed by atoms with E-state index in [9.17, 15) is 4.79 Å². The fourth-order valence-electron chi connectivity index (χ4n) is 1.13. The number of nitriles is 1. The lowest BCUT2D eigenvalue weighted by molar-refractivity contribution is 0.0693. The minimum absolute atomic E-state index is 0.0811. The van der Waals surface area contributed by atoms with E-state index in [0.717, 1.165) is 0 Å². The lowest BCUT2D eigenvalue weighted by atomic mass is 10.1. The number of methoxy groups -OCH3 is 1. The summed E-state index contributed by atoms with van der Waals surface area (Å²) in [7, 11) is 1.41. The summed E-state index contributed by atoms with van der Waals surface area (Å²) < 4.78 is 4.90. The van der Waals surface area contributed by atoms with Crippen molar-refractivity contribution in [3.8, 4) is 11.8 Å². The summed E-state index contributed by atoms with van der Waals surface area (Å²) in [6.45, 7) is 0. The van der Waals surface area contributed by atoms with Crippen molar-refractivity contribution in [3.63, 3.8) is 0 Å². The summed E-state index contributed by atoms with van der Waals surface area (Å²) in [5.74, 6) is -0.754. The lowest BCUT2D eigenvalue weighted by Gasteiger charge is -2.04. The third-order valence-corrected chi connectivity index (χ3v) is 1.80. The zero-order valence-corrected chi connectivity index (χ0v) is 8.10. The number of rotatable bonds is 3. The molecule has 0 heterocycles. The first-order chi connectivity index (χ1) is 7.19. The van der Waals surface area contributed by atoms with Crippen molar-refractivity contribution < 1.29 is 14.6 Å². The van der Waals surface area contributed by atoms with Crippen molar-refractivity contribution in [2.75, 3.05) is 7.11 Å². The summed E-state index contributed by atoms with van der Waals surface area (Å²) in [6.07, 6.45) is 2.82. The van der Waals surface area contributed by atoms with Gasteiger partial charge in [-0.05, 0) is 23.8 Å². The molecule has 0 unspecified atom stereocenters. The van der Waals surface area contributed by atoms with Crippen LogP contribution in [0.4, 0.5) is 0 Å². The Morgan fingerprint density at radius 1 is 1.60 bits per heavy atom. The van der Waals surface area contributed by atoms with Gasteiger partial charge < -0.3 is 9.84 Å². The van der Waals surface area contributed by atoms with Gasteiger partial charge >= 0.3 is 5.97 Å². The monoisotopic (exact) mass is 203 g/mol. The molecule has 0 saturated carbocycles. The number of carbonyl (C=O) groups is 1. The minimum atomic E-state index is -1.06. The molecule has 1 aromatic carbocycles.